The molecule has 0 aliphatic carbocycles. The summed E-state index contributed by atoms with van der Waals surface area (Å²) in [5, 5.41) is 3.12. The van der Waals surface area contributed by atoms with E-state index >= 15 is 0 Å². The molecule has 1 aliphatic heterocycles. The van der Waals surface area contributed by atoms with E-state index in [1.54, 1.807) is 36.4 Å². The number of hydrogen-bond donors (Lipinski definition) is 1. The maximum absolute atomic E-state index is 12.3. The van der Waals surface area contributed by atoms with Crippen molar-refractivity contribution in [2.45, 2.75) is 13.3 Å². The molecule has 8 heteroatoms. The van der Waals surface area contributed by atoms with Crippen LogP contribution >= 0.6 is 11.6 Å². The third-order valence-electron chi connectivity index (χ3n) is 4.31. The number of Topliss-reactive ketones (excluding diaryl/α,β-unsaturated/α-hetero) is 1. The zero-order valence-electron chi connectivity index (χ0n) is 15.5. The smallest absolute Gasteiger partial charge is 0.265 e. The van der Waals surface area contributed by atoms with Crippen molar-refractivity contribution in [3.05, 3.63) is 47.0 Å². The topological polar surface area (TPSA) is 84.9 Å². The van der Waals surface area contributed by atoms with E-state index in [2.05, 4.69) is 5.32 Å². The number of ketones is 1. The number of carbonyl (C=O) groups excluding carboxylic acids is 3. The van der Waals surface area contributed by atoms with Crippen molar-refractivity contribution >= 4 is 40.6 Å². The average Bonchev–Trinajstić information content (AvgIpc) is 2.67. The summed E-state index contributed by atoms with van der Waals surface area (Å²) in [7, 11) is 1.51. The number of anilines is 2. The van der Waals surface area contributed by atoms with E-state index in [9.17, 15) is 14.4 Å². The number of amides is 2. The molecule has 28 heavy (non-hydrogen) atoms. The van der Waals surface area contributed by atoms with Crippen molar-refractivity contribution in [1.82, 2.24) is 0 Å². The van der Waals surface area contributed by atoms with Gasteiger partial charge in [-0.2, -0.15) is 0 Å². The van der Waals surface area contributed by atoms with Crippen molar-refractivity contribution in [1.29, 1.82) is 0 Å². The molecular formula is C20H19ClN2O5. The third kappa shape index (κ3) is 4.26. The van der Waals surface area contributed by atoms with Gasteiger partial charge in [0, 0.05) is 24.2 Å². The van der Waals surface area contributed by atoms with Gasteiger partial charge in [0.1, 0.15) is 11.5 Å². The first-order valence-corrected chi connectivity index (χ1v) is 8.98. The number of fused-ring (bicyclic) bond motifs is 1. The molecule has 0 saturated heterocycles. The van der Waals surface area contributed by atoms with Crippen molar-refractivity contribution < 1.29 is 23.9 Å². The maximum Gasteiger partial charge on any atom is 0.265 e. The van der Waals surface area contributed by atoms with Crippen LogP contribution in [0.15, 0.2) is 36.4 Å². The van der Waals surface area contributed by atoms with Crippen LogP contribution in [0.4, 0.5) is 11.4 Å². The molecule has 0 aromatic heterocycles. The van der Waals surface area contributed by atoms with E-state index in [1.165, 1.54) is 18.9 Å². The molecule has 0 radical (unpaired) electrons. The number of rotatable bonds is 6. The van der Waals surface area contributed by atoms with Gasteiger partial charge in [-0.1, -0.05) is 11.6 Å². The van der Waals surface area contributed by atoms with Gasteiger partial charge in [0.25, 0.3) is 5.91 Å². The highest BCUT2D eigenvalue weighted by Crippen LogP contribution is 2.33. The first-order valence-electron chi connectivity index (χ1n) is 8.60. The Bertz CT molecular complexity index is 944. The molecule has 3 rings (SSSR count). The Hall–Kier alpha value is -3.06. The fourth-order valence-electron chi connectivity index (χ4n) is 2.85. The number of nitrogens with zero attached hydrogens (tertiary/aromatic N) is 1. The van der Waals surface area contributed by atoms with Gasteiger partial charge in [-0.25, -0.2) is 0 Å². The molecule has 1 N–H and O–H groups in total. The van der Waals surface area contributed by atoms with Gasteiger partial charge in [0.15, 0.2) is 12.4 Å². The molecular weight excluding hydrogens is 384 g/mol. The minimum absolute atomic E-state index is 0.0686. The molecule has 2 aromatic carbocycles. The van der Waals surface area contributed by atoms with Gasteiger partial charge in [0.2, 0.25) is 5.91 Å². The minimum Gasteiger partial charge on any atom is -0.495 e. The molecule has 7 nitrogen and oxygen atoms in total. The second-order valence-electron chi connectivity index (χ2n) is 6.22. The fraction of sp³-hybridized carbons (Fsp3) is 0.250. The summed E-state index contributed by atoms with van der Waals surface area (Å²) in [5.41, 5.74) is 1.49. The van der Waals surface area contributed by atoms with Crippen molar-refractivity contribution in [2.24, 2.45) is 0 Å². The molecule has 0 fully saturated rings. The largest absolute Gasteiger partial charge is 0.495 e. The van der Waals surface area contributed by atoms with Crippen LogP contribution in [0.3, 0.4) is 0 Å². The van der Waals surface area contributed by atoms with E-state index in [-0.39, 0.29) is 37.2 Å². The van der Waals surface area contributed by atoms with Gasteiger partial charge in [-0.05, 0) is 43.3 Å². The van der Waals surface area contributed by atoms with Gasteiger partial charge < -0.3 is 19.7 Å². The maximum atomic E-state index is 12.3. The zero-order valence-corrected chi connectivity index (χ0v) is 16.2. The molecule has 0 unspecified atom stereocenters. The number of carbonyl (C=O) groups is 3. The lowest BCUT2D eigenvalue weighted by atomic mass is 10.1. The molecule has 2 amide bonds. The Morgan fingerprint density at radius 3 is 2.71 bits per heavy atom. The lowest BCUT2D eigenvalue weighted by Crippen LogP contribution is -2.40. The highest BCUT2D eigenvalue weighted by Gasteiger charge is 2.26. The molecule has 1 heterocycles. The Morgan fingerprint density at radius 2 is 2.04 bits per heavy atom. The van der Waals surface area contributed by atoms with E-state index in [0.29, 0.717) is 33.5 Å². The molecule has 0 bridgehead atoms. The molecule has 0 spiro atoms. The van der Waals surface area contributed by atoms with Crippen LogP contribution < -0.4 is 19.7 Å². The Kier molecular flexibility index (Phi) is 5.84. The first kappa shape index (κ1) is 19.7. The molecule has 0 atom stereocenters. The summed E-state index contributed by atoms with van der Waals surface area (Å²) in [6.45, 7) is 1.50. The molecule has 1 aliphatic rings. The lowest BCUT2D eigenvalue weighted by Gasteiger charge is -2.29. The number of hydrogen-bond acceptors (Lipinski definition) is 5. The van der Waals surface area contributed by atoms with E-state index in [4.69, 9.17) is 21.1 Å². The predicted octanol–water partition coefficient (Wildman–Crippen LogP) is 3.31. The van der Waals surface area contributed by atoms with Crippen LogP contribution in [0.5, 0.6) is 11.5 Å². The van der Waals surface area contributed by atoms with Crippen LogP contribution in [0, 0.1) is 0 Å². The SMILES string of the molecule is COc1ccc(NC(=O)CCN2C(=O)COc3ccc(C(C)=O)cc32)cc1Cl. The van der Waals surface area contributed by atoms with Gasteiger partial charge in [-0.3, -0.25) is 14.4 Å². The molecule has 0 saturated carbocycles. The van der Waals surface area contributed by atoms with Crippen molar-refractivity contribution in [2.75, 3.05) is 30.5 Å². The van der Waals surface area contributed by atoms with E-state index < -0.39 is 0 Å². The van der Waals surface area contributed by atoms with Crippen LogP contribution in [0.25, 0.3) is 0 Å². The average molecular weight is 403 g/mol. The summed E-state index contributed by atoms with van der Waals surface area (Å²) in [4.78, 5) is 37.7. The fourth-order valence-corrected chi connectivity index (χ4v) is 3.10. The second-order valence-corrected chi connectivity index (χ2v) is 6.63. The quantitative estimate of drug-likeness (QED) is 0.749. The van der Waals surface area contributed by atoms with E-state index in [0.717, 1.165) is 0 Å². The van der Waals surface area contributed by atoms with Crippen molar-refractivity contribution in [3.63, 3.8) is 0 Å². The number of methoxy groups -OCH3 is 1. The summed E-state index contributed by atoms with van der Waals surface area (Å²) < 4.78 is 10.5. The van der Waals surface area contributed by atoms with Crippen LogP contribution in [-0.4, -0.2) is 37.9 Å². The molecule has 146 valence electrons. The highest BCUT2D eigenvalue weighted by molar-refractivity contribution is 6.32. The van der Waals surface area contributed by atoms with Crippen LogP contribution in [0.2, 0.25) is 5.02 Å². The third-order valence-corrected chi connectivity index (χ3v) is 4.60. The monoisotopic (exact) mass is 402 g/mol. The first-order chi connectivity index (χ1) is 13.4. The van der Waals surface area contributed by atoms with Gasteiger partial charge >= 0.3 is 0 Å². The summed E-state index contributed by atoms with van der Waals surface area (Å²) in [6, 6.07) is 9.84. The van der Waals surface area contributed by atoms with Crippen LogP contribution in [-0.2, 0) is 9.59 Å². The minimum atomic E-state index is -0.273. The number of ether oxygens (including phenoxy) is 2. The van der Waals surface area contributed by atoms with Gasteiger partial charge in [-0.15, -0.1) is 0 Å². The van der Waals surface area contributed by atoms with Crippen LogP contribution in [0.1, 0.15) is 23.7 Å². The highest BCUT2D eigenvalue weighted by atomic mass is 35.5. The second kappa shape index (κ2) is 8.31. The lowest BCUT2D eigenvalue weighted by molar-refractivity contribution is -0.121. The summed E-state index contributed by atoms with van der Waals surface area (Å²) >= 11 is 6.06. The zero-order chi connectivity index (χ0) is 20.3. The summed E-state index contributed by atoms with van der Waals surface area (Å²) in [6.07, 6.45) is 0.0686. The van der Waals surface area contributed by atoms with Gasteiger partial charge in [0.05, 0.1) is 17.8 Å². The normalized spacial score (nSPS) is 12.8. The number of nitrogens with one attached hydrogen (secondary N) is 1. The predicted molar refractivity (Wildman–Crippen MR) is 106 cm³/mol. The Labute approximate surface area is 167 Å². The number of benzene rings is 2. The molecule has 2 aromatic rings. The van der Waals surface area contributed by atoms with E-state index in [1.807, 2.05) is 0 Å². The Morgan fingerprint density at radius 1 is 1.25 bits per heavy atom. The Balaban J connectivity index is 1.69. The number of halogens is 1. The standard InChI is InChI=1S/C20H19ClN2O5/c1-12(24)13-3-5-18-16(9-13)23(20(26)11-28-18)8-7-19(25)22-14-4-6-17(27-2)15(21)10-14/h3-6,9-10H,7-8,11H2,1-2H3,(H,22,25). The summed E-state index contributed by atoms with van der Waals surface area (Å²) in [5.74, 6) is 0.358. The van der Waals surface area contributed by atoms with Crippen molar-refractivity contribution in [3.8, 4) is 11.5 Å².